The van der Waals surface area contributed by atoms with Gasteiger partial charge in [-0.1, -0.05) is 25.0 Å². The van der Waals surface area contributed by atoms with Crippen LogP contribution in [0.1, 0.15) is 102 Å². The van der Waals surface area contributed by atoms with E-state index in [1.807, 2.05) is 20.8 Å². The summed E-state index contributed by atoms with van der Waals surface area (Å²) >= 11 is 0. The van der Waals surface area contributed by atoms with E-state index >= 15 is 0 Å². The first-order valence-electron chi connectivity index (χ1n) is 15.3. The third kappa shape index (κ3) is 8.08. The number of carbonyl (C=O) groups excluding carboxylic acids is 4. The van der Waals surface area contributed by atoms with E-state index in [-0.39, 0.29) is 46.0 Å². The van der Waals surface area contributed by atoms with E-state index in [0.29, 0.717) is 19.4 Å². The highest BCUT2D eigenvalue weighted by atomic mass is 32.2. The molecule has 12 heteroatoms. The highest BCUT2D eigenvalue weighted by molar-refractivity contribution is 7.85. The molecule has 3 aliphatic rings. The quantitative estimate of drug-likeness (QED) is 0.208. The second kappa shape index (κ2) is 14.0. The Morgan fingerprint density at radius 2 is 1.93 bits per heavy atom. The summed E-state index contributed by atoms with van der Waals surface area (Å²) in [5.41, 5.74) is 0.260. The predicted molar refractivity (Wildman–Crippen MR) is 160 cm³/mol. The zero-order chi connectivity index (χ0) is 30.4. The van der Waals surface area contributed by atoms with E-state index in [0.717, 1.165) is 51.4 Å². The van der Waals surface area contributed by atoms with Gasteiger partial charge in [0.2, 0.25) is 17.7 Å². The van der Waals surface area contributed by atoms with Gasteiger partial charge in [-0.05, 0) is 84.1 Å². The molecule has 2 aliphatic carbocycles. The van der Waals surface area contributed by atoms with Crippen molar-refractivity contribution in [2.75, 3.05) is 13.6 Å². The van der Waals surface area contributed by atoms with Crippen molar-refractivity contribution in [2.45, 2.75) is 108 Å². The Balaban J connectivity index is 1.24. The first kappa shape index (κ1) is 31.9. The van der Waals surface area contributed by atoms with Gasteiger partial charge >= 0.3 is 0 Å². The lowest BCUT2D eigenvalue weighted by atomic mass is 10.0. The van der Waals surface area contributed by atoms with Crippen LogP contribution in [0.2, 0.25) is 0 Å². The van der Waals surface area contributed by atoms with Gasteiger partial charge in [-0.25, -0.2) is 4.21 Å². The van der Waals surface area contributed by atoms with E-state index in [1.165, 1.54) is 0 Å². The summed E-state index contributed by atoms with van der Waals surface area (Å²) in [4.78, 5) is 52.9. The number of rotatable bonds is 15. The molecule has 3 N–H and O–H groups in total. The standard InChI is InChI=1S/C30H46N6O5S/c1-20(2)36-18-14-23(33-36)27(38)32-24(29(40)35-17-10-13-25(35)28(39)31-4)12-9-7-5-6-8-11-21-19-22(21)26(37)34-42(41)30(3)15-16-30/h8,11,14,18,20-22,24-25H,5-7,9-10,12-13,15-17,19H2,1-4H3,(H,31,39)(H,32,38)(H,34,37)/b11-8-. The first-order valence-corrected chi connectivity index (χ1v) is 16.5. The molecule has 0 bridgehead atoms. The van der Waals surface area contributed by atoms with Crippen LogP contribution in [0.4, 0.5) is 0 Å². The molecule has 2 saturated carbocycles. The largest absolute Gasteiger partial charge is 0.357 e. The summed E-state index contributed by atoms with van der Waals surface area (Å²) in [7, 11) is 0.274. The zero-order valence-corrected chi connectivity index (χ0v) is 26.1. The molecule has 2 heterocycles. The van der Waals surface area contributed by atoms with Gasteiger partial charge < -0.3 is 15.5 Å². The third-order valence-electron chi connectivity index (χ3n) is 8.58. The number of nitrogens with zero attached hydrogens (tertiary/aromatic N) is 3. The Morgan fingerprint density at radius 3 is 2.60 bits per heavy atom. The maximum Gasteiger partial charge on any atom is 0.272 e. The molecule has 4 amide bonds. The fourth-order valence-electron chi connectivity index (χ4n) is 5.35. The molecule has 0 spiro atoms. The van der Waals surface area contributed by atoms with Crippen LogP contribution in [0.3, 0.4) is 0 Å². The molecule has 232 valence electrons. The minimum atomic E-state index is -1.29. The second-order valence-electron chi connectivity index (χ2n) is 12.4. The fraction of sp³-hybridized carbons (Fsp3) is 0.700. The van der Waals surface area contributed by atoms with Gasteiger partial charge in [-0.3, -0.25) is 28.6 Å². The van der Waals surface area contributed by atoms with Crippen molar-refractivity contribution >= 4 is 34.6 Å². The molecule has 1 saturated heterocycles. The number of allylic oxidation sites excluding steroid dienone is 2. The number of nitrogens with one attached hydrogen (secondary N) is 3. The van der Waals surface area contributed by atoms with Crippen LogP contribution >= 0.6 is 0 Å². The number of unbranched alkanes of at least 4 members (excludes halogenated alkanes) is 3. The van der Waals surface area contributed by atoms with E-state index in [2.05, 4.69) is 32.6 Å². The molecule has 11 nitrogen and oxygen atoms in total. The van der Waals surface area contributed by atoms with Crippen LogP contribution in [0.5, 0.6) is 0 Å². The van der Waals surface area contributed by atoms with Gasteiger partial charge in [-0.2, -0.15) is 5.10 Å². The molecule has 1 aliphatic heterocycles. The fourth-order valence-corrected chi connectivity index (χ4v) is 6.40. The normalized spacial score (nSPS) is 23.9. The topological polar surface area (TPSA) is 142 Å². The lowest BCUT2D eigenvalue weighted by molar-refractivity contribution is -0.139. The van der Waals surface area contributed by atoms with Gasteiger partial charge in [0.05, 0.1) is 4.75 Å². The number of likely N-dealkylation sites (N-methyl/N-ethyl adjacent to an activating group) is 1. The molecule has 5 atom stereocenters. The smallest absolute Gasteiger partial charge is 0.272 e. The molecular weight excluding hydrogens is 556 g/mol. The van der Waals surface area contributed by atoms with Crippen LogP contribution in [0.25, 0.3) is 0 Å². The highest BCUT2D eigenvalue weighted by Crippen LogP contribution is 2.42. The Bertz CT molecular complexity index is 1210. The third-order valence-corrected chi connectivity index (χ3v) is 10.3. The number of likely N-dealkylation sites (tertiary alicyclic amines) is 1. The Kier molecular flexibility index (Phi) is 10.6. The van der Waals surface area contributed by atoms with Crippen LogP contribution in [-0.2, 0) is 25.4 Å². The van der Waals surface area contributed by atoms with Crippen molar-refractivity contribution in [2.24, 2.45) is 11.8 Å². The minimum Gasteiger partial charge on any atom is -0.357 e. The van der Waals surface area contributed by atoms with Crippen molar-refractivity contribution in [3.8, 4) is 0 Å². The van der Waals surface area contributed by atoms with Gasteiger partial charge in [0, 0.05) is 31.7 Å². The van der Waals surface area contributed by atoms with Gasteiger partial charge in [-0.15, -0.1) is 0 Å². The summed E-state index contributed by atoms with van der Waals surface area (Å²) in [6, 6.07) is 0.502. The van der Waals surface area contributed by atoms with E-state index < -0.39 is 29.0 Å². The van der Waals surface area contributed by atoms with Crippen molar-refractivity contribution < 1.29 is 23.4 Å². The maximum atomic E-state index is 13.6. The molecule has 0 aromatic carbocycles. The van der Waals surface area contributed by atoms with E-state index in [4.69, 9.17) is 0 Å². The van der Waals surface area contributed by atoms with Crippen molar-refractivity contribution in [3.05, 3.63) is 30.1 Å². The van der Waals surface area contributed by atoms with Crippen LogP contribution < -0.4 is 15.4 Å². The highest BCUT2D eigenvalue weighted by Gasteiger charge is 2.47. The Morgan fingerprint density at radius 1 is 1.17 bits per heavy atom. The van der Waals surface area contributed by atoms with Crippen LogP contribution in [0.15, 0.2) is 24.4 Å². The number of amides is 4. The second-order valence-corrected chi connectivity index (χ2v) is 14.1. The number of carbonyl (C=O) groups is 4. The maximum absolute atomic E-state index is 13.6. The minimum absolute atomic E-state index is 0.0842. The first-order chi connectivity index (χ1) is 20.0. The van der Waals surface area contributed by atoms with E-state index in [1.54, 1.807) is 28.9 Å². The lowest BCUT2D eigenvalue weighted by Crippen LogP contribution is -2.53. The molecule has 1 aromatic rings. The van der Waals surface area contributed by atoms with Gasteiger partial charge in [0.1, 0.15) is 28.8 Å². The number of aromatic nitrogens is 2. The van der Waals surface area contributed by atoms with E-state index in [9.17, 15) is 23.4 Å². The average molecular weight is 603 g/mol. The van der Waals surface area contributed by atoms with Crippen LogP contribution in [-0.4, -0.2) is 72.9 Å². The predicted octanol–water partition coefficient (Wildman–Crippen LogP) is 2.77. The average Bonchev–Trinajstić information content (AvgIpc) is 3.77. The molecule has 5 unspecified atom stereocenters. The SMILES string of the molecule is CNC(=O)C1CCCN1C(=O)C(CCCCC/C=C\C1CC1C(=O)NS(=O)C1(C)CC1)NC(=O)c1ccn(C(C)C)n1. The zero-order valence-electron chi connectivity index (χ0n) is 25.3. The van der Waals surface area contributed by atoms with Crippen molar-refractivity contribution in [1.82, 2.24) is 30.0 Å². The molecule has 4 rings (SSSR count). The van der Waals surface area contributed by atoms with Crippen LogP contribution in [0, 0.1) is 11.8 Å². The summed E-state index contributed by atoms with van der Waals surface area (Å²) in [6.45, 7) is 6.38. The number of hydrogen-bond donors (Lipinski definition) is 3. The Labute approximate surface area is 251 Å². The Hall–Kier alpha value is -3.02. The molecular formula is C30H46N6O5S. The van der Waals surface area contributed by atoms with Gasteiger partial charge in [0.25, 0.3) is 5.91 Å². The summed E-state index contributed by atoms with van der Waals surface area (Å²) in [6.07, 6.45) is 13.7. The number of hydrogen-bond acceptors (Lipinski definition) is 6. The molecule has 42 heavy (non-hydrogen) atoms. The van der Waals surface area contributed by atoms with Gasteiger partial charge in [0.15, 0.2) is 0 Å². The molecule has 1 aromatic heterocycles. The summed E-state index contributed by atoms with van der Waals surface area (Å²) in [5, 5.41) is 9.88. The lowest BCUT2D eigenvalue weighted by Gasteiger charge is -2.28. The monoisotopic (exact) mass is 602 g/mol. The molecule has 3 fully saturated rings. The molecule has 0 radical (unpaired) electrons. The summed E-state index contributed by atoms with van der Waals surface area (Å²) in [5.74, 6) is -0.800. The van der Waals surface area contributed by atoms with Crippen molar-refractivity contribution in [1.29, 1.82) is 0 Å². The summed E-state index contributed by atoms with van der Waals surface area (Å²) < 4.78 is 16.4. The van der Waals surface area contributed by atoms with Crippen molar-refractivity contribution in [3.63, 3.8) is 0 Å².